The Bertz CT molecular complexity index is 628. The number of unbranched alkanes of at least 4 members (excludes halogenated alkanes) is 1. The first-order chi connectivity index (χ1) is 10.6. The lowest BCUT2D eigenvalue weighted by Gasteiger charge is -2.17. The second-order valence-corrected chi connectivity index (χ2v) is 5.58. The predicted molar refractivity (Wildman–Crippen MR) is 91.8 cm³/mol. The molecule has 0 fully saturated rings. The van der Waals surface area contributed by atoms with E-state index in [4.69, 9.17) is 11.6 Å². The number of rotatable bonds is 6. The summed E-state index contributed by atoms with van der Waals surface area (Å²) in [5, 5.41) is 3.36. The molecule has 0 saturated heterocycles. The Kier molecular flexibility index (Phi) is 5.78. The van der Waals surface area contributed by atoms with Gasteiger partial charge >= 0.3 is 0 Å². The highest BCUT2D eigenvalue weighted by atomic mass is 35.5. The Hall–Kier alpha value is -2.07. The quantitative estimate of drug-likeness (QED) is 0.867. The average molecular weight is 318 g/mol. The van der Waals surface area contributed by atoms with Gasteiger partial charge in [-0.1, -0.05) is 31.0 Å². The fourth-order valence-electron chi connectivity index (χ4n) is 2.03. The van der Waals surface area contributed by atoms with E-state index in [0.717, 1.165) is 25.2 Å². The lowest BCUT2D eigenvalue weighted by Crippen LogP contribution is -2.19. The van der Waals surface area contributed by atoms with Gasteiger partial charge in [-0.25, -0.2) is 4.98 Å². The van der Waals surface area contributed by atoms with E-state index in [1.807, 2.05) is 19.2 Å². The third-order valence-corrected chi connectivity index (χ3v) is 3.57. The van der Waals surface area contributed by atoms with Gasteiger partial charge in [0.1, 0.15) is 5.82 Å². The van der Waals surface area contributed by atoms with Crippen LogP contribution in [0.25, 0.3) is 0 Å². The first-order valence-corrected chi connectivity index (χ1v) is 7.72. The van der Waals surface area contributed by atoms with Crippen LogP contribution >= 0.6 is 11.6 Å². The molecule has 0 spiro atoms. The number of nitrogens with zero attached hydrogens (tertiary/aromatic N) is 2. The predicted octanol–water partition coefficient (Wildman–Crippen LogP) is 4.22. The lowest BCUT2D eigenvalue weighted by atomic mass is 10.2. The number of anilines is 2. The SMILES string of the molecule is CCCCN(C)c1ccc(NC(=O)c2cccc(Cl)c2)cn1. The molecule has 1 N–H and O–H groups in total. The summed E-state index contributed by atoms with van der Waals surface area (Å²) in [4.78, 5) is 18.6. The van der Waals surface area contributed by atoms with E-state index in [1.54, 1.807) is 30.5 Å². The number of amides is 1. The minimum atomic E-state index is -0.198. The number of benzene rings is 1. The molecule has 5 heteroatoms. The second-order valence-electron chi connectivity index (χ2n) is 5.14. The summed E-state index contributed by atoms with van der Waals surface area (Å²) in [5.74, 6) is 0.700. The molecule has 0 aliphatic heterocycles. The minimum Gasteiger partial charge on any atom is -0.360 e. The van der Waals surface area contributed by atoms with Crippen LogP contribution in [-0.2, 0) is 0 Å². The van der Waals surface area contributed by atoms with Crippen LogP contribution < -0.4 is 10.2 Å². The largest absolute Gasteiger partial charge is 0.360 e. The van der Waals surface area contributed by atoms with Gasteiger partial charge < -0.3 is 10.2 Å². The molecule has 116 valence electrons. The normalized spacial score (nSPS) is 10.3. The van der Waals surface area contributed by atoms with Gasteiger partial charge in [0.15, 0.2) is 0 Å². The standard InChI is InChI=1S/C17H20ClN3O/c1-3-4-10-21(2)16-9-8-15(12-19-16)20-17(22)13-6-5-7-14(18)11-13/h5-9,11-12H,3-4,10H2,1-2H3,(H,20,22). The van der Waals surface area contributed by atoms with E-state index in [1.165, 1.54) is 0 Å². The molecule has 22 heavy (non-hydrogen) atoms. The number of carbonyl (C=O) groups is 1. The maximum atomic E-state index is 12.1. The molecule has 2 rings (SSSR count). The third-order valence-electron chi connectivity index (χ3n) is 3.33. The molecule has 0 bridgehead atoms. The van der Waals surface area contributed by atoms with Gasteiger partial charge in [-0.2, -0.15) is 0 Å². The van der Waals surface area contributed by atoms with Crippen molar-refractivity contribution >= 4 is 29.0 Å². The highest BCUT2D eigenvalue weighted by molar-refractivity contribution is 6.31. The summed E-state index contributed by atoms with van der Waals surface area (Å²) in [6.45, 7) is 3.13. The van der Waals surface area contributed by atoms with Gasteiger partial charge in [0.25, 0.3) is 5.91 Å². The number of hydrogen-bond donors (Lipinski definition) is 1. The van der Waals surface area contributed by atoms with Gasteiger partial charge in [0.2, 0.25) is 0 Å². The highest BCUT2D eigenvalue weighted by Gasteiger charge is 2.07. The van der Waals surface area contributed by atoms with Crippen LogP contribution in [0.1, 0.15) is 30.1 Å². The zero-order chi connectivity index (χ0) is 15.9. The van der Waals surface area contributed by atoms with Crippen LogP contribution in [0.5, 0.6) is 0 Å². The van der Waals surface area contributed by atoms with E-state index in [2.05, 4.69) is 22.1 Å². The van der Waals surface area contributed by atoms with Crippen LogP contribution in [-0.4, -0.2) is 24.5 Å². The number of carbonyl (C=O) groups excluding carboxylic acids is 1. The molecular formula is C17H20ClN3O. The molecule has 0 unspecified atom stereocenters. The van der Waals surface area contributed by atoms with Gasteiger partial charge in [-0.05, 0) is 36.8 Å². The van der Waals surface area contributed by atoms with Crippen molar-refractivity contribution in [3.8, 4) is 0 Å². The van der Waals surface area contributed by atoms with Crippen molar-refractivity contribution < 1.29 is 4.79 Å². The lowest BCUT2D eigenvalue weighted by molar-refractivity contribution is 0.102. The zero-order valence-electron chi connectivity index (χ0n) is 12.8. The van der Waals surface area contributed by atoms with Crippen LogP contribution in [0.3, 0.4) is 0 Å². The van der Waals surface area contributed by atoms with Gasteiger partial charge in [0.05, 0.1) is 11.9 Å². The Balaban J connectivity index is 2.00. The fraction of sp³-hybridized carbons (Fsp3) is 0.294. The maximum absolute atomic E-state index is 12.1. The molecule has 0 saturated carbocycles. The molecular weight excluding hydrogens is 298 g/mol. The van der Waals surface area contributed by atoms with Gasteiger partial charge in [-0.15, -0.1) is 0 Å². The van der Waals surface area contributed by atoms with E-state index in [9.17, 15) is 4.79 Å². The van der Waals surface area contributed by atoms with Crippen molar-refractivity contribution in [2.75, 3.05) is 23.8 Å². The molecule has 1 amide bonds. The number of halogens is 1. The molecule has 0 radical (unpaired) electrons. The van der Waals surface area contributed by atoms with Gasteiger partial charge in [0, 0.05) is 24.2 Å². The van der Waals surface area contributed by atoms with Crippen molar-refractivity contribution in [2.45, 2.75) is 19.8 Å². The topological polar surface area (TPSA) is 45.2 Å². The summed E-state index contributed by atoms with van der Waals surface area (Å²) < 4.78 is 0. The number of pyridine rings is 1. The van der Waals surface area contributed by atoms with Crippen molar-refractivity contribution in [3.05, 3.63) is 53.2 Å². The molecule has 1 aromatic heterocycles. The van der Waals surface area contributed by atoms with Crippen LogP contribution in [0.15, 0.2) is 42.6 Å². The van der Waals surface area contributed by atoms with E-state index in [-0.39, 0.29) is 5.91 Å². The summed E-state index contributed by atoms with van der Waals surface area (Å²) >= 11 is 5.89. The fourth-order valence-corrected chi connectivity index (χ4v) is 2.22. The van der Waals surface area contributed by atoms with E-state index >= 15 is 0 Å². The third kappa shape index (κ3) is 4.46. The molecule has 2 aromatic rings. The summed E-state index contributed by atoms with van der Waals surface area (Å²) in [5.41, 5.74) is 1.19. The van der Waals surface area contributed by atoms with Crippen molar-refractivity contribution in [1.29, 1.82) is 0 Å². The monoisotopic (exact) mass is 317 g/mol. The summed E-state index contributed by atoms with van der Waals surface area (Å²) in [6, 6.07) is 10.6. The maximum Gasteiger partial charge on any atom is 0.255 e. The molecule has 0 atom stereocenters. The van der Waals surface area contributed by atoms with E-state index in [0.29, 0.717) is 16.3 Å². The van der Waals surface area contributed by atoms with Crippen LogP contribution in [0.2, 0.25) is 5.02 Å². The summed E-state index contributed by atoms with van der Waals surface area (Å²) in [6.07, 6.45) is 3.95. The Morgan fingerprint density at radius 2 is 2.14 bits per heavy atom. The smallest absolute Gasteiger partial charge is 0.255 e. The molecule has 0 aliphatic rings. The van der Waals surface area contributed by atoms with Crippen molar-refractivity contribution in [2.24, 2.45) is 0 Å². The van der Waals surface area contributed by atoms with Gasteiger partial charge in [-0.3, -0.25) is 4.79 Å². The first kappa shape index (κ1) is 16.3. The molecule has 0 aliphatic carbocycles. The zero-order valence-corrected chi connectivity index (χ0v) is 13.6. The van der Waals surface area contributed by atoms with Crippen LogP contribution in [0, 0.1) is 0 Å². The van der Waals surface area contributed by atoms with E-state index < -0.39 is 0 Å². The molecule has 1 aromatic carbocycles. The Morgan fingerprint density at radius 3 is 2.77 bits per heavy atom. The number of nitrogens with one attached hydrogen (secondary N) is 1. The van der Waals surface area contributed by atoms with Crippen molar-refractivity contribution in [1.82, 2.24) is 4.98 Å². The minimum absolute atomic E-state index is 0.198. The molecule has 4 nitrogen and oxygen atoms in total. The molecule has 1 heterocycles. The number of hydrogen-bond acceptors (Lipinski definition) is 3. The summed E-state index contributed by atoms with van der Waals surface area (Å²) in [7, 11) is 2.02. The second kappa shape index (κ2) is 7.80. The average Bonchev–Trinajstić information content (AvgIpc) is 2.53. The number of aromatic nitrogens is 1. The Labute approximate surface area is 136 Å². The van der Waals surface area contributed by atoms with Crippen molar-refractivity contribution in [3.63, 3.8) is 0 Å². The highest BCUT2D eigenvalue weighted by Crippen LogP contribution is 2.16. The first-order valence-electron chi connectivity index (χ1n) is 7.34. The van der Waals surface area contributed by atoms with Crippen LogP contribution in [0.4, 0.5) is 11.5 Å². The Morgan fingerprint density at radius 1 is 1.32 bits per heavy atom.